The summed E-state index contributed by atoms with van der Waals surface area (Å²) in [5.41, 5.74) is 0. The summed E-state index contributed by atoms with van der Waals surface area (Å²) in [5.74, 6) is 2.27. The van der Waals surface area contributed by atoms with Crippen LogP contribution >= 0.6 is 11.6 Å². The molecule has 0 aromatic heterocycles. The van der Waals surface area contributed by atoms with Gasteiger partial charge in [-0.3, -0.25) is 4.90 Å². The van der Waals surface area contributed by atoms with E-state index in [9.17, 15) is 0 Å². The van der Waals surface area contributed by atoms with E-state index >= 15 is 0 Å². The Kier molecular flexibility index (Phi) is 7.25. The molecule has 0 saturated carbocycles. The molecule has 2 nitrogen and oxygen atoms in total. The Morgan fingerprint density at radius 1 is 1.00 bits per heavy atom. The third-order valence-electron chi connectivity index (χ3n) is 2.74. The first-order valence-corrected chi connectivity index (χ1v) is 7.46. The Balaban J connectivity index is 2.36. The van der Waals surface area contributed by atoms with Crippen LogP contribution in [0.1, 0.15) is 27.7 Å². The van der Waals surface area contributed by atoms with Gasteiger partial charge in [-0.1, -0.05) is 39.3 Å². The molecule has 0 spiro atoms. The van der Waals surface area contributed by atoms with Gasteiger partial charge in [0, 0.05) is 24.7 Å². The molecule has 0 aliphatic rings. The lowest BCUT2D eigenvalue weighted by molar-refractivity contribution is 0.177. The zero-order valence-corrected chi connectivity index (χ0v) is 13.3. The molecule has 19 heavy (non-hydrogen) atoms. The average molecular weight is 284 g/mol. The number of hydrogen-bond acceptors (Lipinski definition) is 2. The molecule has 0 fully saturated rings. The summed E-state index contributed by atoms with van der Waals surface area (Å²) in [5, 5.41) is 0.744. The molecule has 108 valence electrons. The number of nitrogens with zero attached hydrogens (tertiary/aromatic N) is 1. The third-order valence-corrected chi connectivity index (χ3v) is 2.99. The van der Waals surface area contributed by atoms with Crippen molar-refractivity contribution < 1.29 is 4.74 Å². The summed E-state index contributed by atoms with van der Waals surface area (Å²) >= 11 is 5.85. The zero-order chi connectivity index (χ0) is 14.3. The normalized spacial score (nSPS) is 11.6. The molecule has 0 aliphatic carbocycles. The molecule has 0 amide bonds. The van der Waals surface area contributed by atoms with Gasteiger partial charge in [-0.15, -0.1) is 0 Å². The van der Waals surface area contributed by atoms with Crippen LogP contribution in [-0.4, -0.2) is 31.1 Å². The highest BCUT2D eigenvalue weighted by Crippen LogP contribution is 2.15. The van der Waals surface area contributed by atoms with E-state index in [0.717, 1.165) is 37.0 Å². The van der Waals surface area contributed by atoms with Gasteiger partial charge in [0.05, 0.1) is 0 Å². The second kappa shape index (κ2) is 8.44. The maximum atomic E-state index is 5.85. The quantitative estimate of drug-likeness (QED) is 0.704. The Labute approximate surface area is 122 Å². The summed E-state index contributed by atoms with van der Waals surface area (Å²) < 4.78 is 5.75. The minimum absolute atomic E-state index is 0.689. The van der Waals surface area contributed by atoms with Gasteiger partial charge in [-0.05, 0) is 36.1 Å². The third kappa shape index (κ3) is 7.44. The molecule has 0 heterocycles. The van der Waals surface area contributed by atoms with Crippen molar-refractivity contribution in [3.63, 3.8) is 0 Å². The van der Waals surface area contributed by atoms with E-state index in [1.165, 1.54) is 0 Å². The summed E-state index contributed by atoms with van der Waals surface area (Å²) in [7, 11) is 0. The zero-order valence-electron chi connectivity index (χ0n) is 12.5. The SMILES string of the molecule is CC(C)CN(CCOc1ccc(Cl)cc1)CC(C)C. The lowest BCUT2D eigenvalue weighted by Crippen LogP contribution is -2.34. The van der Waals surface area contributed by atoms with Crippen LogP contribution in [0.2, 0.25) is 5.02 Å². The van der Waals surface area contributed by atoms with Crippen LogP contribution in [0.5, 0.6) is 5.75 Å². The molecule has 0 atom stereocenters. The van der Waals surface area contributed by atoms with Crippen molar-refractivity contribution in [3.05, 3.63) is 29.3 Å². The second-order valence-electron chi connectivity index (χ2n) is 5.85. The average Bonchev–Trinajstić information content (AvgIpc) is 2.30. The van der Waals surface area contributed by atoms with Crippen LogP contribution < -0.4 is 4.74 Å². The molecular weight excluding hydrogens is 258 g/mol. The van der Waals surface area contributed by atoms with Gasteiger partial charge in [-0.2, -0.15) is 0 Å². The van der Waals surface area contributed by atoms with Crippen molar-refractivity contribution in [3.8, 4) is 5.75 Å². The first-order valence-electron chi connectivity index (χ1n) is 7.08. The highest BCUT2D eigenvalue weighted by molar-refractivity contribution is 6.30. The molecule has 3 heteroatoms. The fourth-order valence-corrected chi connectivity index (χ4v) is 2.24. The van der Waals surface area contributed by atoms with Crippen LogP contribution in [0.4, 0.5) is 0 Å². The highest BCUT2D eigenvalue weighted by atomic mass is 35.5. The smallest absolute Gasteiger partial charge is 0.119 e. The van der Waals surface area contributed by atoms with Crippen LogP contribution in [0.3, 0.4) is 0 Å². The molecule has 0 radical (unpaired) electrons. The second-order valence-corrected chi connectivity index (χ2v) is 6.29. The topological polar surface area (TPSA) is 12.5 Å². The van der Waals surface area contributed by atoms with E-state index in [1.54, 1.807) is 0 Å². The van der Waals surface area contributed by atoms with Crippen molar-refractivity contribution in [1.29, 1.82) is 0 Å². The Morgan fingerprint density at radius 3 is 2.00 bits per heavy atom. The molecule has 0 unspecified atom stereocenters. The van der Waals surface area contributed by atoms with Crippen molar-refractivity contribution in [2.24, 2.45) is 11.8 Å². The minimum atomic E-state index is 0.689. The predicted octanol–water partition coefficient (Wildman–Crippen LogP) is 4.33. The maximum absolute atomic E-state index is 5.85. The molecule has 0 aliphatic heterocycles. The molecule has 0 saturated heterocycles. The van der Waals surface area contributed by atoms with Gasteiger partial charge in [-0.25, -0.2) is 0 Å². The minimum Gasteiger partial charge on any atom is -0.492 e. The lowest BCUT2D eigenvalue weighted by atomic mass is 10.1. The van der Waals surface area contributed by atoms with Crippen LogP contribution in [0, 0.1) is 11.8 Å². The highest BCUT2D eigenvalue weighted by Gasteiger charge is 2.09. The van der Waals surface area contributed by atoms with Crippen LogP contribution in [0.15, 0.2) is 24.3 Å². The van der Waals surface area contributed by atoms with Crippen molar-refractivity contribution in [2.75, 3.05) is 26.2 Å². The molecule has 1 aromatic carbocycles. The van der Waals surface area contributed by atoms with E-state index in [1.807, 2.05) is 24.3 Å². The van der Waals surface area contributed by atoms with E-state index in [0.29, 0.717) is 11.8 Å². The van der Waals surface area contributed by atoms with Gasteiger partial charge in [0.2, 0.25) is 0 Å². The number of ether oxygens (including phenoxy) is 1. The first-order chi connectivity index (χ1) is 8.97. The lowest BCUT2D eigenvalue weighted by Gasteiger charge is -2.26. The number of halogens is 1. The van der Waals surface area contributed by atoms with Gasteiger partial charge >= 0.3 is 0 Å². The van der Waals surface area contributed by atoms with Crippen LogP contribution in [-0.2, 0) is 0 Å². The molecule has 1 rings (SSSR count). The largest absolute Gasteiger partial charge is 0.492 e. The van der Waals surface area contributed by atoms with E-state index in [4.69, 9.17) is 16.3 Å². The van der Waals surface area contributed by atoms with E-state index < -0.39 is 0 Å². The van der Waals surface area contributed by atoms with Gasteiger partial charge in [0.1, 0.15) is 12.4 Å². The number of rotatable bonds is 8. The summed E-state index contributed by atoms with van der Waals surface area (Å²) in [4.78, 5) is 2.48. The number of benzene rings is 1. The van der Waals surface area contributed by atoms with Gasteiger partial charge < -0.3 is 4.74 Å². The molecule has 1 aromatic rings. The monoisotopic (exact) mass is 283 g/mol. The van der Waals surface area contributed by atoms with Crippen LogP contribution in [0.25, 0.3) is 0 Å². The van der Waals surface area contributed by atoms with Crippen molar-refractivity contribution in [2.45, 2.75) is 27.7 Å². The first kappa shape index (κ1) is 16.3. The summed E-state index contributed by atoms with van der Waals surface area (Å²) in [6.07, 6.45) is 0. The van der Waals surface area contributed by atoms with Gasteiger partial charge in [0.15, 0.2) is 0 Å². The number of hydrogen-bond donors (Lipinski definition) is 0. The van der Waals surface area contributed by atoms with Gasteiger partial charge in [0.25, 0.3) is 0 Å². The summed E-state index contributed by atoms with van der Waals surface area (Å²) in [6, 6.07) is 7.54. The standard InChI is InChI=1S/C16H26ClNO/c1-13(2)11-18(12-14(3)4)9-10-19-16-7-5-15(17)6-8-16/h5-8,13-14H,9-12H2,1-4H3. The Hall–Kier alpha value is -0.730. The Bertz CT molecular complexity index is 338. The maximum Gasteiger partial charge on any atom is 0.119 e. The fourth-order valence-electron chi connectivity index (χ4n) is 2.11. The molecular formula is C16H26ClNO. The van der Waals surface area contributed by atoms with Crippen molar-refractivity contribution >= 4 is 11.6 Å². The van der Waals surface area contributed by atoms with E-state index in [-0.39, 0.29) is 0 Å². The molecule has 0 bridgehead atoms. The Morgan fingerprint density at radius 2 is 1.53 bits per heavy atom. The summed E-state index contributed by atoms with van der Waals surface area (Å²) in [6.45, 7) is 13.0. The van der Waals surface area contributed by atoms with E-state index in [2.05, 4.69) is 32.6 Å². The molecule has 0 N–H and O–H groups in total. The van der Waals surface area contributed by atoms with Crippen molar-refractivity contribution in [1.82, 2.24) is 4.90 Å². The predicted molar refractivity (Wildman–Crippen MR) is 83.1 cm³/mol. The fraction of sp³-hybridized carbons (Fsp3) is 0.625.